The minimum Gasteiger partial charge on any atom is -0.394 e. The van der Waals surface area contributed by atoms with Crippen molar-refractivity contribution in [2.24, 2.45) is 0 Å². The molecular weight excluding hydrogens is 768 g/mol. The standard InChI is InChI=1S/C21H44O8.C19H40O10/c1-15(23)9-24-17(3)11-26-19(5)13-28-21(7)14-29-20(6)12-27-18(4)10-25-16(2)8-22;1-21-4-5-23-8-9-25-12-13-27-16-17-29-19-18-28-15-14-26-11-10-24-7-6-22-3-2-20/h15-23H,8-14H2,1-7H3;20H,2-19H2,1H3. The Balaban J connectivity index is 0. The fraction of sp³-hybridized carbons (Fsp3) is 1.00. The maximum atomic E-state index is 9.21. The van der Waals surface area contributed by atoms with Gasteiger partial charge in [-0.3, -0.25) is 0 Å². The number of hydrogen-bond donors (Lipinski definition) is 3. The van der Waals surface area contributed by atoms with Crippen LogP contribution < -0.4 is 0 Å². The second-order valence-electron chi connectivity index (χ2n) is 13.5. The number of aliphatic hydroxyl groups is 3. The lowest BCUT2D eigenvalue weighted by molar-refractivity contribution is -0.105. The third-order valence-corrected chi connectivity index (χ3v) is 7.23. The van der Waals surface area contributed by atoms with Crippen molar-refractivity contribution in [3.8, 4) is 0 Å². The molecule has 0 aliphatic heterocycles. The van der Waals surface area contributed by atoms with E-state index in [9.17, 15) is 5.11 Å². The van der Waals surface area contributed by atoms with Crippen LogP contribution in [0.25, 0.3) is 0 Å². The van der Waals surface area contributed by atoms with Crippen molar-refractivity contribution in [1.82, 2.24) is 0 Å². The van der Waals surface area contributed by atoms with Gasteiger partial charge in [0.1, 0.15) is 0 Å². The normalized spacial score (nSPS) is 15.4. The molecule has 0 aromatic carbocycles. The van der Waals surface area contributed by atoms with Gasteiger partial charge in [0.15, 0.2) is 0 Å². The topological polar surface area (TPSA) is 199 Å². The molecular formula is C40H84O18. The van der Waals surface area contributed by atoms with Crippen molar-refractivity contribution in [2.75, 3.05) is 172 Å². The minimum atomic E-state index is -0.474. The van der Waals surface area contributed by atoms with Gasteiger partial charge in [-0.25, -0.2) is 0 Å². The average molecular weight is 853 g/mol. The lowest BCUT2D eigenvalue weighted by Crippen LogP contribution is -2.30. The van der Waals surface area contributed by atoms with Crippen LogP contribution in [0, 0.1) is 0 Å². The average Bonchev–Trinajstić information content (AvgIpc) is 3.21. The van der Waals surface area contributed by atoms with Gasteiger partial charge in [-0.05, 0) is 48.5 Å². The van der Waals surface area contributed by atoms with Crippen molar-refractivity contribution < 1.29 is 86.4 Å². The molecule has 3 N–H and O–H groups in total. The molecule has 352 valence electrons. The molecule has 0 fully saturated rings. The fourth-order valence-corrected chi connectivity index (χ4v) is 3.94. The van der Waals surface area contributed by atoms with Crippen molar-refractivity contribution >= 4 is 0 Å². The zero-order chi connectivity index (χ0) is 43.3. The Labute approximate surface area is 349 Å². The molecule has 0 radical (unpaired) electrons. The fourth-order valence-electron chi connectivity index (χ4n) is 3.94. The Hall–Kier alpha value is -0.720. The first-order valence-electron chi connectivity index (χ1n) is 20.8. The first kappa shape index (κ1) is 59.4. The van der Waals surface area contributed by atoms with Gasteiger partial charge in [-0.2, -0.15) is 0 Å². The van der Waals surface area contributed by atoms with Crippen LogP contribution >= 0.6 is 0 Å². The summed E-state index contributed by atoms with van der Waals surface area (Å²) in [6.07, 6.45) is -0.963. The molecule has 0 aliphatic carbocycles. The SMILES string of the molecule is CC(O)COC(C)COC(C)COC(C)COC(C)COC(C)COC(C)CO.COCCOCCOCCOCCOCCOCCOCCOCCOCCO. The third-order valence-electron chi connectivity index (χ3n) is 7.23. The molecule has 18 heteroatoms. The van der Waals surface area contributed by atoms with E-state index in [2.05, 4.69) is 0 Å². The first-order chi connectivity index (χ1) is 28.0. The van der Waals surface area contributed by atoms with E-state index >= 15 is 0 Å². The van der Waals surface area contributed by atoms with Crippen LogP contribution in [0.2, 0.25) is 0 Å². The Bertz CT molecular complexity index is 747. The number of rotatable bonds is 45. The Morgan fingerprint density at radius 1 is 0.310 bits per heavy atom. The van der Waals surface area contributed by atoms with Crippen molar-refractivity contribution in [2.45, 2.75) is 91.2 Å². The minimum absolute atomic E-state index is 0.00355. The summed E-state index contributed by atoms with van der Waals surface area (Å²) in [6, 6.07) is 0. The molecule has 0 spiro atoms. The molecule has 0 bridgehead atoms. The second-order valence-corrected chi connectivity index (χ2v) is 13.5. The van der Waals surface area contributed by atoms with Crippen molar-refractivity contribution in [3.05, 3.63) is 0 Å². The summed E-state index contributed by atoms with van der Waals surface area (Å²) in [7, 11) is 1.64. The number of aliphatic hydroxyl groups excluding tert-OH is 3. The Kier molecular flexibility index (Phi) is 48.4. The second kappa shape index (κ2) is 47.3. The highest BCUT2D eigenvalue weighted by molar-refractivity contribution is 4.59. The maximum Gasteiger partial charge on any atom is 0.0781 e. The first-order valence-corrected chi connectivity index (χ1v) is 20.8. The molecule has 0 heterocycles. The van der Waals surface area contributed by atoms with Crippen LogP contribution in [-0.4, -0.2) is 230 Å². The van der Waals surface area contributed by atoms with E-state index in [4.69, 9.17) is 81.3 Å². The molecule has 7 unspecified atom stereocenters. The summed E-state index contributed by atoms with van der Waals surface area (Å²) >= 11 is 0. The lowest BCUT2D eigenvalue weighted by atomic mass is 10.3. The molecule has 0 amide bonds. The van der Waals surface area contributed by atoms with Gasteiger partial charge in [0.2, 0.25) is 0 Å². The summed E-state index contributed by atoms with van der Waals surface area (Å²) < 4.78 is 81.3. The highest BCUT2D eigenvalue weighted by atomic mass is 16.6. The van der Waals surface area contributed by atoms with Gasteiger partial charge >= 0.3 is 0 Å². The predicted octanol–water partition coefficient (Wildman–Crippen LogP) is 1.55. The van der Waals surface area contributed by atoms with Crippen LogP contribution in [0.5, 0.6) is 0 Å². The van der Waals surface area contributed by atoms with Crippen LogP contribution in [0.4, 0.5) is 0 Å². The van der Waals surface area contributed by atoms with Crippen LogP contribution in [0.3, 0.4) is 0 Å². The zero-order valence-corrected chi connectivity index (χ0v) is 37.2. The van der Waals surface area contributed by atoms with Crippen LogP contribution in [0.1, 0.15) is 48.5 Å². The smallest absolute Gasteiger partial charge is 0.0781 e. The monoisotopic (exact) mass is 853 g/mol. The van der Waals surface area contributed by atoms with Crippen molar-refractivity contribution in [1.29, 1.82) is 0 Å². The largest absolute Gasteiger partial charge is 0.394 e. The van der Waals surface area contributed by atoms with E-state index in [0.29, 0.717) is 152 Å². The highest BCUT2D eigenvalue weighted by Gasteiger charge is 2.13. The zero-order valence-electron chi connectivity index (χ0n) is 37.2. The molecule has 0 rings (SSSR count). The van der Waals surface area contributed by atoms with E-state index in [1.807, 2.05) is 41.5 Å². The van der Waals surface area contributed by atoms with E-state index in [-0.39, 0.29) is 49.8 Å². The third kappa shape index (κ3) is 49.6. The van der Waals surface area contributed by atoms with Crippen molar-refractivity contribution in [3.63, 3.8) is 0 Å². The summed E-state index contributed by atoms with van der Waals surface area (Å²) in [5.74, 6) is 0. The maximum absolute atomic E-state index is 9.21. The van der Waals surface area contributed by atoms with Gasteiger partial charge in [0.05, 0.1) is 208 Å². The van der Waals surface area contributed by atoms with Crippen LogP contribution in [0.15, 0.2) is 0 Å². The van der Waals surface area contributed by atoms with E-state index in [1.54, 1.807) is 14.0 Å². The molecule has 18 nitrogen and oxygen atoms in total. The summed E-state index contributed by atoms with van der Waals surface area (Å²) in [5.41, 5.74) is 0. The molecule has 0 saturated carbocycles. The Morgan fingerprint density at radius 3 is 0.759 bits per heavy atom. The molecule has 0 saturated heterocycles. The van der Waals surface area contributed by atoms with Gasteiger partial charge < -0.3 is 86.4 Å². The quantitative estimate of drug-likeness (QED) is 0.0745. The number of hydrogen-bond acceptors (Lipinski definition) is 18. The number of ether oxygens (including phenoxy) is 15. The van der Waals surface area contributed by atoms with E-state index in [1.165, 1.54) is 0 Å². The summed E-state index contributed by atoms with van der Waals surface area (Å²) in [5, 5.41) is 26.7. The van der Waals surface area contributed by atoms with Gasteiger partial charge in [0.25, 0.3) is 0 Å². The Morgan fingerprint density at radius 2 is 0.534 bits per heavy atom. The summed E-state index contributed by atoms with van der Waals surface area (Å²) in [4.78, 5) is 0. The highest BCUT2D eigenvalue weighted by Crippen LogP contribution is 2.04. The van der Waals surface area contributed by atoms with Gasteiger partial charge in [-0.15, -0.1) is 0 Å². The van der Waals surface area contributed by atoms with Gasteiger partial charge in [-0.1, -0.05) is 0 Å². The van der Waals surface area contributed by atoms with E-state index in [0.717, 1.165) is 0 Å². The lowest BCUT2D eigenvalue weighted by Gasteiger charge is -2.22. The van der Waals surface area contributed by atoms with Gasteiger partial charge in [0, 0.05) is 7.11 Å². The van der Waals surface area contributed by atoms with E-state index < -0.39 is 6.10 Å². The molecule has 0 aliphatic rings. The molecule has 0 aromatic rings. The number of methoxy groups -OCH3 is 1. The molecule has 0 aromatic heterocycles. The summed E-state index contributed by atoms with van der Waals surface area (Å²) in [6.45, 7) is 24.7. The van der Waals surface area contributed by atoms with Crippen LogP contribution in [-0.2, 0) is 71.1 Å². The predicted molar refractivity (Wildman–Crippen MR) is 217 cm³/mol. The molecule has 7 atom stereocenters. The molecule has 58 heavy (non-hydrogen) atoms.